The van der Waals surface area contributed by atoms with Crippen LogP contribution < -0.4 is 5.32 Å². The second-order valence-electron chi connectivity index (χ2n) is 5.81. The molecule has 1 heterocycles. The fourth-order valence-electron chi connectivity index (χ4n) is 2.71. The summed E-state index contributed by atoms with van der Waals surface area (Å²) in [5.41, 5.74) is 1.83. The van der Waals surface area contributed by atoms with Crippen molar-refractivity contribution in [2.45, 2.75) is 26.2 Å². The average molecular weight is 339 g/mol. The molecule has 20 heavy (non-hydrogen) atoms. The molecule has 0 aromatic heterocycles. The smallest absolute Gasteiger partial charge is 0.251 e. The van der Waals surface area contributed by atoms with Crippen molar-refractivity contribution in [1.82, 2.24) is 10.2 Å². The van der Waals surface area contributed by atoms with Crippen LogP contribution in [0, 0.1) is 12.8 Å². The summed E-state index contributed by atoms with van der Waals surface area (Å²) in [6, 6.07) is 5.81. The summed E-state index contributed by atoms with van der Waals surface area (Å²) in [6.07, 6.45) is 3.59. The van der Waals surface area contributed by atoms with E-state index in [4.69, 9.17) is 0 Å². The van der Waals surface area contributed by atoms with Crippen LogP contribution in [0.4, 0.5) is 0 Å². The van der Waals surface area contributed by atoms with E-state index in [-0.39, 0.29) is 5.91 Å². The molecule has 110 valence electrons. The summed E-state index contributed by atoms with van der Waals surface area (Å²) in [5.74, 6) is 0.790. The molecule has 0 bridgehead atoms. The van der Waals surface area contributed by atoms with E-state index in [1.54, 1.807) is 0 Å². The molecule has 0 atom stereocenters. The Morgan fingerprint density at radius 2 is 2.05 bits per heavy atom. The molecule has 0 saturated carbocycles. The highest BCUT2D eigenvalue weighted by Crippen LogP contribution is 2.19. The van der Waals surface area contributed by atoms with Crippen molar-refractivity contribution in [1.29, 1.82) is 0 Å². The first-order valence-electron chi connectivity index (χ1n) is 7.28. The van der Waals surface area contributed by atoms with Gasteiger partial charge in [-0.3, -0.25) is 4.79 Å². The van der Waals surface area contributed by atoms with Crippen molar-refractivity contribution in [3.63, 3.8) is 0 Å². The molecule has 1 aromatic carbocycles. The van der Waals surface area contributed by atoms with Gasteiger partial charge in [0.05, 0.1) is 0 Å². The zero-order valence-corrected chi connectivity index (χ0v) is 13.9. The molecule has 1 aliphatic rings. The van der Waals surface area contributed by atoms with Gasteiger partial charge in [0, 0.05) is 16.6 Å². The van der Waals surface area contributed by atoms with Crippen LogP contribution in [0.1, 0.15) is 35.2 Å². The third kappa shape index (κ3) is 4.60. The van der Waals surface area contributed by atoms with E-state index in [2.05, 4.69) is 33.2 Å². The highest BCUT2D eigenvalue weighted by Gasteiger charge is 2.16. The van der Waals surface area contributed by atoms with Crippen LogP contribution in [0.3, 0.4) is 0 Å². The van der Waals surface area contributed by atoms with Gasteiger partial charge in [-0.25, -0.2) is 0 Å². The summed E-state index contributed by atoms with van der Waals surface area (Å²) in [6.45, 7) is 5.14. The fraction of sp³-hybridized carbons (Fsp3) is 0.562. The Morgan fingerprint density at radius 3 is 2.70 bits per heavy atom. The molecule has 1 saturated heterocycles. The van der Waals surface area contributed by atoms with Crippen LogP contribution in [0.25, 0.3) is 0 Å². The second kappa shape index (κ2) is 7.23. The Bertz CT molecular complexity index is 447. The van der Waals surface area contributed by atoms with E-state index in [0.717, 1.165) is 34.5 Å². The van der Waals surface area contributed by atoms with Crippen molar-refractivity contribution in [2.24, 2.45) is 5.92 Å². The van der Waals surface area contributed by atoms with Gasteiger partial charge in [-0.1, -0.05) is 15.9 Å². The summed E-state index contributed by atoms with van der Waals surface area (Å²) < 4.78 is 0.956. The number of carbonyl (C=O) groups is 1. The minimum absolute atomic E-state index is 0.0299. The first kappa shape index (κ1) is 15.5. The number of rotatable bonds is 4. The molecule has 0 unspecified atom stereocenters. The topological polar surface area (TPSA) is 32.3 Å². The molecular weight excluding hydrogens is 316 g/mol. The molecule has 3 nitrogen and oxygen atoms in total. The first-order valence-corrected chi connectivity index (χ1v) is 8.08. The number of aryl methyl sites for hydroxylation is 1. The molecule has 1 fully saturated rings. The molecule has 0 aliphatic carbocycles. The third-order valence-electron chi connectivity index (χ3n) is 3.98. The SMILES string of the molecule is Cc1cc(Br)cc(C(=O)NCCC2CCN(C)CC2)c1. The lowest BCUT2D eigenvalue weighted by atomic mass is 9.94. The number of amides is 1. The quantitative estimate of drug-likeness (QED) is 0.914. The minimum Gasteiger partial charge on any atom is -0.352 e. The zero-order valence-electron chi connectivity index (χ0n) is 12.3. The van der Waals surface area contributed by atoms with Crippen molar-refractivity contribution in [2.75, 3.05) is 26.7 Å². The van der Waals surface area contributed by atoms with Gasteiger partial charge in [-0.2, -0.15) is 0 Å². The normalized spacial score (nSPS) is 17.1. The summed E-state index contributed by atoms with van der Waals surface area (Å²) >= 11 is 3.43. The Morgan fingerprint density at radius 1 is 1.35 bits per heavy atom. The number of nitrogens with one attached hydrogen (secondary N) is 1. The lowest BCUT2D eigenvalue weighted by Gasteiger charge is -2.28. The van der Waals surface area contributed by atoms with E-state index >= 15 is 0 Å². The van der Waals surface area contributed by atoms with Crippen LogP contribution in [0.2, 0.25) is 0 Å². The average Bonchev–Trinajstić information content (AvgIpc) is 2.40. The predicted octanol–water partition coefficient (Wildman–Crippen LogP) is 3.22. The van der Waals surface area contributed by atoms with E-state index in [0.29, 0.717) is 0 Å². The summed E-state index contributed by atoms with van der Waals surface area (Å²) in [5, 5.41) is 3.04. The first-order chi connectivity index (χ1) is 9.54. The number of piperidine rings is 1. The number of halogens is 1. The molecule has 1 aliphatic heterocycles. The Hall–Kier alpha value is -0.870. The zero-order chi connectivity index (χ0) is 14.5. The van der Waals surface area contributed by atoms with E-state index in [1.807, 2.05) is 25.1 Å². The van der Waals surface area contributed by atoms with Gasteiger partial charge >= 0.3 is 0 Å². The molecule has 1 aromatic rings. The number of hydrogen-bond acceptors (Lipinski definition) is 2. The molecule has 1 amide bonds. The molecular formula is C16H23BrN2O. The minimum atomic E-state index is 0.0299. The van der Waals surface area contributed by atoms with E-state index in [1.165, 1.54) is 25.9 Å². The number of likely N-dealkylation sites (tertiary alicyclic amines) is 1. The maximum absolute atomic E-state index is 12.1. The van der Waals surface area contributed by atoms with Gasteiger partial charge in [0.15, 0.2) is 0 Å². The van der Waals surface area contributed by atoms with Crippen LogP contribution in [-0.4, -0.2) is 37.5 Å². The highest BCUT2D eigenvalue weighted by molar-refractivity contribution is 9.10. The fourth-order valence-corrected chi connectivity index (χ4v) is 3.32. The monoisotopic (exact) mass is 338 g/mol. The molecule has 2 rings (SSSR count). The van der Waals surface area contributed by atoms with Crippen LogP contribution in [0.5, 0.6) is 0 Å². The van der Waals surface area contributed by atoms with Gasteiger partial charge in [0.25, 0.3) is 5.91 Å². The number of hydrogen-bond donors (Lipinski definition) is 1. The molecule has 0 spiro atoms. The lowest BCUT2D eigenvalue weighted by molar-refractivity contribution is 0.0948. The largest absolute Gasteiger partial charge is 0.352 e. The van der Waals surface area contributed by atoms with Crippen LogP contribution >= 0.6 is 15.9 Å². The van der Waals surface area contributed by atoms with Crippen LogP contribution in [0.15, 0.2) is 22.7 Å². The van der Waals surface area contributed by atoms with E-state index in [9.17, 15) is 4.79 Å². The maximum Gasteiger partial charge on any atom is 0.251 e. The Kier molecular flexibility index (Phi) is 5.61. The van der Waals surface area contributed by atoms with Gasteiger partial charge in [0.2, 0.25) is 0 Å². The van der Waals surface area contributed by atoms with Crippen molar-refractivity contribution in [3.05, 3.63) is 33.8 Å². The lowest BCUT2D eigenvalue weighted by Crippen LogP contribution is -2.32. The Labute approximate surface area is 129 Å². The van der Waals surface area contributed by atoms with Gasteiger partial charge in [-0.05, 0) is 76.0 Å². The molecule has 0 radical (unpaired) electrons. The van der Waals surface area contributed by atoms with Crippen LogP contribution in [-0.2, 0) is 0 Å². The van der Waals surface area contributed by atoms with Gasteiger partial charge in [-0.15, -0.1) is 0 Å². The molecule has 4 heteroatoms. The van der Waals surface area contributed by atoms with E-state index < -0.39 is 0 Å². The predicted molar refractivity (Wildman–Crippen MR) is 86.1 cm³/mol. The number of carbonyl (C=O) groups excluding carboxylic acids is 1. The maximum atomic E-state index is 12.1. The number of benzene rings is 1. The second-order valence-corrected chi connectivity index (χ2v) is 6.72. The van der Waals surface area contributed by atoms with Crippen molar-refractivity contribution in [3.8, 4) is 0 Å². The summed E-state index contributed by atoms with van der Waals surface area (Å²) in [4.78, 5) is 14.5. The standard InChI is InChI=1S/C16H23BrN2O/c1-12-9-14(11-15(17)10-12)16(20)18-6-3-13-4-7-19(2)8-5-13/h9-11,13H,3-8H2,1-2H3,(H,18,20). The molecule has 1 N–H and O–H groups in total. The highest BCUT2D eigenvalue weighted by atomic mass is 79.9. The number of nitrogens with zero attached hydrogens (tertiary/aromatic N) is 1. The third-order valence-corrected chi connectivity index (χ3v) is 4.44. The van der Waals surface area contributed by atoms with Crippen molar-refractivity contribution >= 4 is 21.8 Å². The van der Waals surface area contributed by atoms with Gasteiger partial charge in [0.1, 0.15) is 0 Å². The van der Waals surface area contributed by atoms with Gasteiger partial charge < -0.3 is 10.2 Å². The Balaban J connectivity index is 1.77. The van der Waals surface area contributed by atoms with Crippen molar-refractivity contribution < 1.29 is 4.79 Å². The summed E-state index contributed by atoms with van der Waals surface area (Å²) in [7, 11) is 2.17.